The summed E-state index contributed by atoms with van der Waals surface area (Å²) in [5.41, 5.74) is 5.18. The molecule has 1 unspecified atom stereocenters. The molecule has 0 aromatic rings. The second-order valence-electron chi connectivity index (χ2n) is 2.40. The standard InChI is InChI=1S/C8H17NO5/c1-2-13-8(7(10)11)14-6-5-12-4-3-9/h8H,2-6,9H2,1H3,(H,10,11). The maximum absolute atomic E-state index is 10.5. The molecular formula is C8H17NO5. The number of aliphatic carboxylic acids is 1. The smallest absolute Gasteiger partial charge is 0.361 e. The first-order valence-electron chi connectivity index (χ1n) is 4.46. The monoisotopic (exact) mass is 207 g/mol. The third-order valence-corrected chi connectivity index (χ3v) is 1.28. The van der Waals surface area contributed by atoms with Gasteiger partial charge in [-0.15, -0.1) is 0 Å². The van der Waals surface area contributed by atoms with Gasteiger partial charge in [-0.3, -0.25) is 0 Å². The molecule has 0 aliphatic heterocycles. The van der Waals surface area contributed by atoms with Crippen molar-refractivity contribution in [2.75, 3.05) is 33.0 Å². The predicted octanol–water partition coefficient (Wildman–Crippen LogP) is -0.574. The van der Waals surface area contributed by atoms with Gasteiger partial charge in [0.1, 0.15) is 0 Å². The third-order valence-electron chi connectivity index (χ3n) is 1.28. The molecule has 14 heavy (non-hydrogen) atoms. The van der Waals surface area contributed by atoms with E-state index in [0.29, 0.717) is 26.4 Å². The highest BCUT2D eigenvalue weighted by atomic mass is 16.7. The van der Waals surface area contributed by atoms with E-state index in [1.807, 2.05) is 0 Å². The molecule has 1 atom stereocenters. The summed E-state index contributed by atoms with van der Waals surface area (Å²) >= 11 is 0. The molecule has 0 spiro atoms. The first-order valence-corrected chi connectivity index (χ1v) is 4.46. The molecule has 0 heterocycles. The molecule has 0 amide bonds. The van der Waals surface area contributed by atoms with Gasteiger partial charge < -0.3 is 25.1 Å². The molecule has 0 fully saturated rings. The van der Waals surface area contributed by atoms with Crippen LogP contribution in [0, 0.1) is 0 Å². The van der Waals surface area contributed by atoms with Crippen LogP contribution in [0.1, 0.15) is 6.92 Å². The van der Waals surface area contributed by atoms with Gasteiger partial charge in [0, 0.05) is 13.2 Å². The number of carboxylic acid groups (broad SMARTS) is 1. The van der Waals surface area contributed by atoms with Gasteiger partial charge in [0.15, 0.2) is 0 Å². The van der Waals surface area contributed by atoms with Crippen LogP contribution in [0.2, 0.25) is 0 Å². The fourth-order valence-corrected chi connectivity index (χ4v) is 0.742. The topological polar surface area (TPSA) is 91.0 Å². The van der Waals surface area contributed by atoms with E-state index in [0.717, 1.165) is 0 Å². The van der Waals surface area contributed by atoms with Crippen molar-refractivity contribution in [3.8, 4) is 0 Å². The van der Waals surface area contributed by atoms with Crippen LogP contribution in [0.25, 0.3) is 0 Å². The average Bonchev–Trinajstić information content (AvgIpc) is 2.15. The molecule has 0 aliphatic rings. The van der Waals surface area contributed by atoms with Gasteiger partial charge in [-0.05, 0) is 6.92 Å². The molecule has 3 N–H and O–H groups in total. The van der Waals surface area contributed by atoms with Crippen LogP contribution in [0.15, 0.2) is 0 Å². The Balaban J connectivity index is 3.46. The molecule has 0 aliphatic carbocycles. The van der Waals surface area contributed by atoms with Crippen LogP contribution >= 0.6 is 0 Å². The summed E-state index contributed by atoms with van der Waals surface area (Å²) in [5, 5.41) is 8.60. The summed E-state index contributed by atoms with van der Waals surface area (Å²) < 4.78 is 14.7. The van der Waals surface area contributed by atoms with E-state index >= 15 is 0 Å². The lowest BCUT2D eigenvalue weighted by molar-refractivity contribution is -0.190. The van der Waals surface area contributed by atoms with Crippen LogP contribution in [-0.4, -0.2) is 50.3 Å². The molecule has 0 saturated heterocycles. The largest absolute Gasteiger partial charge is 0.477 e. The number of carbonyl (C=O) groups is 1. The average molecular weight is 207 g/mol. The summed E-state index contributed by atoms with van der Waals surface area (Å²) in [4.78, 5) is 10.5. The van der Waals surface area contributed by atoms with E-state index in [4.69, 9.17) is 25.1 Å². The summed E-state index contributed by atoms with van der Waals surface area (Å²) in [6.07, 6.45) is -1.21. The lowest BCUT2D eigenvalue weighted by atomic mass is 10.6. The van der Waals surface area contributed by atoms with Gasteiger partial charge in [-0.25, -0.2) is 4.79 Å². The molecule has 0 radical (unpaired) electrons. The minimum Gasteiger partial charge on any atom is -0.477 e. The zero-order chi connectivity index (χ0) is 10.8. The second-order valence-corrected chi connectivity index (χ2v) is 2.40. The van der Waals surface area contributed by atoms with Gasteiger partial charge in [-0.1, -0.05) is 0 Å². The van der Waals surface area contributed by atoms with E-state index in [1.165, 1.54) is 0 Å². The quantitative estimate of drug-likeness (QED) is 0.388. The Labute approximate surface area is 82.9 Å². The van der Waals surface area contributed by atoms with Crippen LogP contribution in [0.4, 0.5) is 0 Å². The van der Waals surface area contributed by atoms with E-state index in [1.54, 1.807) is 6.92 Å². The number of ether oxygens (including phenoxy) is 3. The third kappa shape index (κ3) is 6.79. The number of hydrogen-bond donors (Lipinski definition) is 2. The van der Waals surface area contributed by atoms with Crippen molar-refractivity contribution < 1.29 is 24.1 Å². The fraction of sp³-hybridized carbons (Fsp3) is 0.875. The highest BCUT2D eigenvalue weighted by Crippen LogP contribution is 1.95. The van der Waals surface area contributed by atoms with Gasteiger partial charge in [0.05, 0.1) is 19.8 Å². The second kappa shape index (κ2) is 8.89. The first-order chi connectivity index (χ1) is 6.72. The molecule has 6 nitrogen and oxygen atoms in total. The summed E-state index contributed by atoms with van der Waals surface area (Å²) in [6.45, 7) is 3.36. The van der Waals surface area contributed by atoms with Crippen LogP contribution in [0.5, 0.6) is 0 Å². The summed E-state index contributed by atoms with van der Waals surface area (Å²) in [7, 11) is 0. The SMILES string of the molecule is CCOC(OCCOCCN)C(=O)O. The lowest BCUT2D eigenvalue weighted by Crippen LogP contribution is -2.28. The summed E-state index contributed by atoms with van der Waals surface area (Å²) in [6, 6.07) is 0. The normalized spacial score (nSPS) is 12.7. The number of nitrogens with two attached hydrogens (primary N) is 1. The van der Waals surface area contributed by atoms with Crippen molar-refractivity contribution in [2.24, 2.45) is 5.73 Å². The Hall–Kier alpha value is -0.690. The highest BCUT2D eigenvalue weighted by molar-refractivity contribution is 5.70. The molecular weight excluding hydrogens is 190 g/mol. The molecule has 0 rings (SSSR count). The molecule has 0 aromatic heterocycles. The van der Waals surface area contributed by atoms with E-state index in [2.05, 4.69) is 0 Å². The van der Waals surface area contributed by atoms with Crippen molar-refractivity contribution in [3.05, 3.63) is 0 Å². The van der Waals surface area contributed by atoms with Gasteiger partial charge in [0.2, 0.25) is 0 Å². The minimum absolute atomic E-state index is 0.178. The number of carboxylic acids is 1. The zero-order valence-corrected chi connectivity index (χ0v) is 8.27. The highest BCUT2D eigenvalue weighted by Gasteiger charge is 2.17. The molecule has 84 valence electrons. The van der Waals surface area contributed by atoms with Crippen molar-refractivity contribution in [2.45, 2.75) is 13.2 Å². The Kier molecular flexibility index (Phi) is 8.45. The Morgan fingerprint density at radius 3 is 2.57 bits per heavy atom. The van der Waals surface area contributed by atoms with Gasteiger partial charge in [0.25, 0.3) is 6.29 Å². The predicted molar refractivity (Wildman–Crippen MR) is 48.9 cm³/mol. The van der Waals surface area contributed by atoms with Crippen molar-refractivity contribution in [3.63, 3.8) is 0 Å². The van der Waals surface area contributed by atoms with Crippen molar-refractivity contribution in [1.82, 2.24) is 0 Å². The number of hydrogen-bond acceptors (Lipinski definition) is 5. The molecule has 0 bridgehead atoms. The maximum atomic E-state index is 10.5. The fourth-order valence-electron chi connectivity index (χ4n) is 0.742. The Morgan fingerprint density at radius 1 is 1.36 bits per heavy atom. The lowest BCUT2D eigenvalue weighted by Gasteiger charge is -2.12. The number of rotatable bonds is 9. The van der Waals surface area contributed by atoms with Gasteiger partial charge >= 0.3 is 5.97 Å². The van der Waals surface area contributed by atoms with Gasteiger partial charge in [-0.2, -0.15) is 0 Å². The molecule has 6 heteroatoms. The Bertz CT molecular complexity index is 153. The van der Waals surface area contributed by atoms with Crippen molar-refractivity contribution >= 4 is 5.97 Å². The minimum atomic E-state index is -1.21. The van der Waals surface area contributed by atoms with E-state index < -0.39 is 12.3 Å². The van der Waals surface area contributed by atoms with Crippen LogP contribution < -0.4 is 5.73 Å². The van der Waals surface area contributed by atoms with E-state index in [-0.39, 0.29) is 6.61 Å². The van der Waals surface area contributed by atoms with Crippen LogP contribution in [-0.2, 0) is 19.0 Å². The van der Waals surface area contributed by atoms with Crippen molar-refractivity contribution in [1.29, 1.82) is 0 Å². The van der Waals surface area contributed by atoms with E-state index in [9.17, 15) is 4.79 Å². The first kappa shape index (κ1) is 13.3. The summed E-state index contributed by atoms with van der Waals surface area (Å²) in [5.74, 6) is -1.13. The zero-order valence-electron chi connectivity index (χ0n) is 8.27. The maximum Gasteiger partial charge on any atom is 0.361 e. The Morgan fingerprint density at radius 2 is 2.07 bits per heavy atom. The molecule has 0 saturated carbocycles. The molecule has 0 aromatic carbocycles. The van der Waals surface area contributed by atoms with Crippen LogP contribution in [0.3, 0.4) is 0 Å².